The van der Waals surface area contributed by atoms with Gasteiger partial charge in [0.25, 0.3) is 0 Å². The highest BCUT2D eigenvalue weighted by Crippen LogP contribution is 2.36. The quantitative estimate of drug-likeness (QED) is 0.554. The lowest BCUT2D eigenvalue weighted by Gasteiger charge is -2.22. The second-order valence-electron chi connectivity index (χ2n) is 4.83. The number of esters is 2. The van der Waals surface area contributed by atoms with E-state index in [9.17, 15) is 9.59 Å². The first kappa shape index (κ1) is 12.1. The molecular formula is C13H18O4. The number of rotatable bonds is 4. The lowest BCUT2D eigenvalue weighted by Crippen LogP contribution is -2.27. The molecule has 2 heterocycles. The third-order valence-corrected chi connectivity index (χ3v) is 3.60. The minimum absolute atomic E-state index is 0.0353. The average molecular weight is 238 g/mol. The molecule has 3 fully saturated rings. The van der Waals surface area contributed by atoms with Crippen LogP contribution in [0.15, 0.2) is 12.7 Å². The summed E-state index contributed by atoms with van der Waals surface area (Å²) >= 11 is 0. The third kappa shape index (κ3) is 3.08. The maximum Gasteiger partial charge on any atom is 0.330 e. The normalized spacial score (nSPS) is 31.5. The number of hydrogen-bond donors (Lipinski definition) is 0. The fourth-order valence-electron chi connectivity index (χ4n) is 2.70. The lowest BCUT2D eigenvalue weighted by atomic mass is 9.92. The second kappa shape index (κ2) is 5.34. The van der Waals surface area contributed by atoms with E-state index in [1.807, 2.05) is 0 Å². The van der Waals surface area contributed by atoms with Gasteiger partial charge in [0.15, 0.2) is 0 Å². The van der Waals surface area contributed by atoms with Crippen LogP contribution >= 0.6 is 0 Å². The van der Waals surface area contributed by atoms with Gasteiger partial charge in [0.05, 0.1) is 12.5 Å². The molecule has 0 amide bonds. The molecule has 1 saturated carbocycles. The smallest absolute Gasteiger partial charge is 0.330 e. The summed E-state index contributed by atoms with van der Waals surface area (Å²) in [5, 5.41) is 0. The summed E-state index contributed by atoms with van der Waals surface area (Å²) in [6, 6.07) is 0. The zero-order valence-corrected chi connectivity index (χ0v) is 9.89. The van der Waals surface area contributed by atoms with Gasteiger partial charge in [-0.1, -0.05) is 6.58 Å². The van der Waals surface area contributed by atoms with Crippen molar-refractivity contribution >= 4 is 11.9 Å². The van der Waals surface area contributed by atoms with Gasteiger partial charge in [-0.25, -0.2) is 4.79 Å². The molecule has 0 aromatic rings. The van der Waals surface area contributed by atoms with E-state index in [4.69, 9.17) is 9.47 Å². The van der Waals surface area contributed by atoms with Crippen molar-refractivity contribution < 1.29 is 19.1 Å². The highest BCUT2D eigenvalue weighted by atomic mass is 16.5. The minimum Gasteiger partial charge on any atom is -0.463 e. The zero-order valence-electron chi connectivity index (χ0n) is 9.89. The van der Waals surface area contributed by atoms with Crippen LogP contribution in [0.1, 0.15) is 32.1 Å². The molecular weight excluding hydrogens is 220 g/mol. The van der Waals surface area contributed by atoms with E-state index >= 15 is 0 Å². The molecule has 94 valence electrons. The van der Waals surface area contributed by atoms with Crippen LogP contribution in [-0.2, 0) is 19.1 Å². The lowest BCUT2D eigenvalue weighted by molar-refractivity contribution is -0.158. The van der Waals surface area contributed by atoms with Gasteiger partial charge in [-0.05, 0) is 38.0 Å². The summed E-state index contributed by atoms with van der Waals surface area (Å²) in [6.07, 6.45) is 5.79. The Labute approximate surface area is 101 Å². The predicted molar refractivity (Wildman–Crippen MR) is 61.1 cm³/mol. The summed E-state index contributed by atoms with van der Waals surface area (Å²) in [7, 11) is 0. The monoisotopic (exact) mass is 238 g/mol. The number of fused-ring (bicyclic) bond motifs is 4. The highest BCUT2D eigenvalue weighted by Gasteiger charge is 2.37. The molecule has 3 unspecified atom stereocenters. The van der Waals surface area contributed by atoms with Crippen LogP contribution in [0.2, 0.25) is 0 Å². The molecule has 0 N–H and O–H groups in total. The van der Waals surface area contributed by atoms with E-state index in [-0.39, 0.29) is 24.0 Å². The summed E-state index contributed by atoms with van der Waals surface area (Å²) in [4.78, 5) is 22.4. The van der Waals surface area contributed by atoms with Gasteiger partial charge in [0.1, 0.15) is 6.10 Å². The van der Waals surface area contributed by atoms with Crippen molar-refractivity contribution in [1.82, 2.24) is 0 Å². The van der Waals surface area contributed by atoms with Gasteiger partial charge in [-0.15, -0.1) is 0 Å². The molecule has 17 heavy (non-hydrogen) atoms. The van der Waals surface area contributed by atoms with Crippen LogP contribution in [-0.4, -0.2) is 24.6 Å². The van der Waals surface area contributed by atoms with E-state index in [2.05, 4.69) is 6.58 Å². The van der Waals surface area contributed by atoms with Crippen molar-refractivity contribution in [2.45, 2.75) is 38.2 Å². The minimum atomic E-state index is -0.381. The Morgan fingerprint density at radius 3 is 3.00 bits per heavy atom. The molecule has 4 heteroatoms. The molecule has 0 spiro atoms. The van der Waals surface area contributed by atoms with E-state index in [0.717, 1.165) is 32.1 Å². The Bertz CT molecular complexity index is 323. The van der Waals surface area contributed by atoms with Gasteiger partial charge in [-0.2, -0.15) is 0 Å². The Balaban J connectivity index is 1.80. The number of ether oxygens (including phenoxy) is 2. The number of carbonyl (C=O) groups is 2. The Kier molecular flexibility index (Phi) is 3.82. The third-order valence-electron chi connectivity index (χ3n) is 3.60. The SMILES string of the molecule is C=CC(=O)OCCC1CC2CCC(C1)C(=O)O2. The van der Waals surface area contributed by atoms with Crippen molar-refractivity contribution in [1.29, 1.82) is 0 Å². The Morgan fingerprint density at radius 2 is 2.29 bits per heavy atom. The van der Waals surface area contributed by atoms with Crippen LogP contribution in [0.4, 0.5) is 0 Å². The van der Waals surface area contributed by atoms with Crippen LogP contribution in [0.5, 0.6) is 0 Å². The van der Waals surface area contributed by atoms with Crippen LogP contribution in [0.25, 0.3) is 0 Å². The summed E-state index contributed by atoms with van der Waals surface area (Å²) in [5.74, 6) is 0.0752. The molecule has 4 nitrogen and oxygen atoms in total. The summed E-state index contributed by atoms with van der Waals surface area (Å²) in [5.41, 5.74) is 0. The number of hydrogen-bond acceptors (Lipinski definition) is 4. The van der Waals surface area contributed by atoms with Crippen molar-refractivity contribution in [2.24, 2.45) is 11.8 Å². The summed E-state index contributed by atoms with van der Waals surface area (Å²) < 4.78 is 10.3. The van der Waals surface area contributed by atoms with Gasteiger partial charge in [-0.3, -0.25) is 4.79 Å². The van der Waals surface area contributed by atoms with Crippen molar-refractivity contribution in [2.75, 3.05) is 6.61 Å². The van der Waals surface area contributed by atoms with Crippen LogP contribution in [0.3, 0.4) is 0 Å². The van der Waals surface area contributed by atoms with E-state index in [0.29, 0.717) is 12.5 Å². The summed E-state index contributed by atoms with van der Waals surface area (Å²) in [6.45, 7) is 3.75. The van der Waals surface area contributed by atoms with E-state index in [1.165, 1.54) is 6.08 Å². The Morgan fingerprint density at radius 1 is 1.47 bits per heavy atom. The van der Waals surface area contributed by atoms with E-state index in [1.54, 1.807) is 0 Å². The first-order valence-electron chi connectivity index (χ1n) is 6.18. The fourth-order valence-corrected chi connectivity index (χ4v) is 2.70. The standard InChI is InChI=1S/C13H18O4/c1-2-12(14)16-6-5-9-7-10-3-4-11(8-9)17-13(10)15/h2,9-11H,1,3-8H2. The number of carbonyl (C=O) groups excluding carboxylic acids is 2. The van der Waals surface area contributed by atoms with Crippen molar-refractivity contribution in [3.63, 3.8) is 0 Å². The Hall–Kier alpha value is -1.32. The largest absolute Gasteiger partial charge is 0.463 e. The second-order valence-corrected chi connectivity index (χ2v) is 4.83. The molecule has 3 rings (SSSR count). The first-order valence-corrected chi connectivity index (χ1v) is 6.18. The molecule has 2 aliphatic heterocycles. The van der Waals surface area contributed by atoms with Crippen LogP contribution in [0, 0.1) is 11.8 Å². The molecule has 3 aliphatic rings. The van der Waals surface area contributed by atoms with Gasteiger partial charge in [0.2, 0.25) is 0 Å². The predicted octanol–water partition coefficient (Wildman–Crippen LogP) is 1.84. The molecule has 0 aromatic carbocycles. The zero-order chi connectivity index (χ0) is 12.3. The van der Waals surface area contributed by atoms with Crippen molar-refractivity contribution in [3.8, 4) is 0 Å². The average Bonchev–Trinajstić information content (AvgIpc) is 2.59. The van der Waals surface area contributed by atoms with Gasteiger partial charge >= 0.3 is 11.9 Å². The molecule has 2 bridgehead atoms. The molecule has 3 atom stereocenters. The highest BCUT2D eigenvalue weighted by molar-refractivity contribution is 5.81. The molecule has 2 saturated heterocycles. The van der Waals surface area contributed by atoms with Gasteiger partial charge in [0, 0.05) is 6.08 Å². The van der Waals surface area contributed by atoms with Gasteiger partial charge < -0.3 is 9.47 Å². The molecule has 0 aromatic heterocycles. The maximum absolute atomic E-state index is 11.5. The molecule has 1 aliphatic carbocycles. The topological polar surface area (TPSA) is 52.6 Å². The maximum atomic E-state index is 11.5. The van der Waals surface area contributed by atoms with E-state index < -0.39 is 0 Å². The van der Waals surface area contributed by atoms with Crippen LogP contribution < -0.4 is 0 Å². The molecule has 0 radical (unpaired) electrons. The fraction of sp³-hybridized carbons (Fsp3) is 0.692. The van der Waals surface area contributed by atoms with Crippen molar-refractivity contribution in [3.05, 3.63) is 12.7 Å². The first-order chi connectivity index (χ1) is 8.19.